The third kappa shape index (κ3) is 2.58. The van der Waals surface area contributed by atoms with Crippen LogP contribution in [0.5, 0.6) is 0 Å². The van der Waals surface area contributed by atoms with Crippen molar-refractivity contribution >= 4 is 0 Å². The average Bonchev–Trinajstić information content (AvgIpc) is 2.29. The maximum Gasteiger partial charge on any atom is 0.0673 e. The smallest absolute Gasteiger partial charge is 0.0673 e. The molecule has 1 heterocycles. The number of benzene rings is 1. The molecule has 1 aliphatic heterocycles. The quantitative estimate of drug-likeness (QED) is 0.796. The molecule has 15 heavy (non-hydrogen) atoms. The van der Waals surface area contributed by atoms with Crippen LogP contribution in [-0.4, -0.2) is 35.7 Å². The van der Waals surface area contributed by atoms with Gasteiger partial charge in [0.1, 0.15) is 0 Å². The molecule has 1 aromatic rings. The lowest BCUT2D eigenvalue weighted by atomic mass is 9.89. The number of aliphatic hydroxyl groups excluding tert-OH is 1. The van der Waals surface area contributed by atoms with Crippen molar-refractivity contribution in [2.24, 2.45) is 0 Å². The standard InChI is InChI=1S/C13H19NO/c1-2-14-9-12(8-13(15)10-14)11-6-4-3-5-7-11/h3-7,12-13,15H,2,8-10H2,1H3/t12-,13+/m1/s1. The van der Waals surface area contributed by atoms with Gasteiger partial charge in [-0.15, -0.1) is 0 Å². The highest BCUT2D eigenvalue weighted by molar-refractivity contribution is 5.20. The lowest BCUT2D eigenvalue weighted by Crippen LogP contribution is -2.41. The topological polar surface area (TPSA) is 23.5 Å². The maximum atomic E-state index is 9.80. The van der Waals surface area contributed by atoms with Gasteiger partial charge >= 0.3 is 0 Å². The number of aliphatic hydroxyl groups is 1. The summed E-state index contributed by atoms with van der Waals surface area (Å²) in [6.07, 6.45) is 0.740. The number of piperidine rings is 1. The Bertz CT molecular complexity index is 299. The number of β-amino-alcohol motifs (C(OH)–C–C–N with tert-alkyl or cyclic N) is 1. The summed E-state index contributed by atoms with van der Waals surface area (Å²) in [6, 6.07) is 10.5. The zero-order chi connectivity index (χ0) is 10.7. The number of rotatable bonds is 2. The van der Waals surface area contributed by atoms with Crippen LogP contribution in [0.1, 0.15) is 24.8 Å². The van der Waals surface area contributed by atoms with E-state index in [9.17, 15) is 5.11 Å². The second-order valence-electron chi connectivity index (χ2n) is 4.35. The zero-order valence-electron chi connectivity index (χ0n) is 9.26. The Balaban J connectivity index is 2.09. The second kappa shape index (κ2) is 4.77. The molecule has 2 nitrogen and oxygen atoms in total. The summed E-state index contributed by atoms with van der Waals surface area (Å²) < 4.78 is 0. The van der Waals surface area contributed by atoms with Crippen molar-refractivity contribution in [1.29, 1.82) is 0 Å². The molecule has 82 valence electrons. The van der Waals surface area contributed by atoms with Gasteiger partial charge in [-0.05, 0) is 24.4 Å². The van der Waals surface area contributed by atoms with Gasteiger partial charge in [-0.25, -0.2) is 0 Å². The highest BCUT2D eigenvalue weighted by Gasteiger charge is 2.25. The summed E-state index contributed by atoms with van der Waals surface area (Å²) in [5.74, 6) is 0.495. The molecule has 0 aliphatic carbocycles. The van der Waals surface area contributed by atoms with Gasteiger partial charge in [-0.3, -0.25) is 0 Å². The van der Waals surface area contributed by atoms with E-state index in [4.69, 9.17) is 0 Å². The molecular formula is C13H19NO. The van der Waals surface area contributed by atoms with E-state index in [0.717, 1.165) is 26.1 Å². The molecule has 1 aromatic carbocycles. The van der Waals surface area contributed by atoms with Crippen molar-refractivity contribution < 1.29 is 5.11 Å². The maximum absolute atomic E-state index is 9.80. The number of likely N-dealkylation sites (N-methyl/N-ethyl adjacent to an activating group) is 1. The third-order valence-corrected chi connectivity index (χ3v) is 3.22. The van der Waals surface area contributed by atoms with Crippen LogP contribution in [0.25, 0.3) is 0 Å². The monoisotopic (exact) mass is 205 g/mol. The van der Waals surface area contributed by atoms with Gasteiger partial charge in [0.05, 0.1) is 6.10 Å². The molecule has 0 spiro atoms. The van der Waals surface area contributed by atoms with Gasteiger partial charge in [0, 0.05) is 13.1 Å². The van der Waals surface area contributed by atoms with Crippen LogP contribution < -0.4 is 0 Å². The Morgan fingerprint density at radius 3 is 2.67 bits per heavy atom. The minimum Gasteiger partial charge on any atom is -0.392 e. The van der Waals surface area contributed by atoms with Crippen LogP contribution >= 0.6 is 0 Å². The first-order valence-corrected chi connectivity index (χ1v) is 5.75. The minimum absolute atomic E-state index is 0.163. The van der Waals surface area contributed by atoms with Crippen LogP contribution in [-0.2, 0) is 0 Å². The number of hydrogen-bond donors (Lipinski definition) is 1. The summed E-state index contributed by atoms with van der Waals surface area (Å²) in [7, 11) is 0. The molecule has 0 bridgehead atoms. The Labute approximate surface area is 91.5 Å². The fourth-order valence-electron chi connectivity index (χ4n) is 2.39. The van der Waals surface area contributed by atoms with E-state index in [1.54, 1.807) is 0 Å². The molecule has 0 radical (unpaired) electrons. The predicted octanol–water partition coefficient (Wildman–Crippen LogP) is 1.86. The fourth-order valence-corrected chi connectivity index (χ4v) is 2.39. The molecule has 0 aromatic heterocycles. The van der Waals surface area contributed by atoms with Crippen molar-refractivity contribution in [3.8, 4) is 0 Å². The van der Waals surface area contributed by atoms with Crippen LogP contribution in [0, 0.1) is 0 Å². The molecule has 1 fully saturated rings. The second-order valence-corrected chi connectivity index (χ2v) is 4.35. The summed E-state index contributed by atoms with van der Waals surface area (Å²) in [4.78, 5) is 2.33. The van der Waals surface area contributed by atoms with E-state index in [1.165, 1.54) is 5.56 Å². The van der Waals surface area contributed by atoms with E-state index in [0.29, 0.717) is 5.92 Å². The SMILES string of the molecule is CCN1C[C@@H](O)C[C@@H](c2ccccc2)C1. The molecule has 2 atom stereocenters. The molecule has 1 N–H and O–H groups in total. The first kappa shape index (κ1) is 10.7. The molecule has 2 heteroatoms. The molecule has 0 unspecified atom stereocenters. The summed E-state index contributed by atoms with van der Waals surface area (Å²) in [5.41, 5.74) is 1.36. The van der Waals surface area contributed by atoms with Gasteiger partial charge in [-0.1, -0.05) is 37.3 Å². The fraction of sp³-hybridized carbons (Fsp3) is 0.538. The third-order valence-electron chi connectivity index (χ3n) is 3.22. The highest BCUT2D eigenvalue weighted by Crippen LogP contribution is 2.26. The first-order chi connectivity index (χ1) is 7.29. The normalized spacial score (nSPS) is 27.9. The van der Waals surface area contributed by atoms with E-state index in [1.807, 2.05) is 6.07 Å². The zero-order valence-corrected chi connectivity index (χ0v) is 9.26. The number of nitrogens with zero attached hydrogens (tertiary/aromatic N) is 1. The van der Waals surface area contributed by atoms with E-state index < -0.39 is 0 Å². The van der Waals surface area contributed by atoms with Crippen molar-refractivity contribution in [1.82, 2.24) is 4.90 Å². The van der Waals surface area contributed by atoms with Crippen molar-refractivity contribution in [3.63, 3.8) is 0 Å². The lowest BCUT2D eigenvalue weighted by molar-refractivity contribution is 0.0618. The lowest BCUT2D eigenvalue weighted by Gasteiger charge is -2.35. The van der Waals surface area contributed by atoms with Crippen LogP contribution in [0.2, 0.25) is 0 Å². The molecule has 2 rings (SSSR count). The van der Waals surface area contributed by atoms with E-state index >= 15 is 0 Å². The Morgan fingerprint density at radius 2 is 2.00 bits per heavy atom. The van der Waals surface area contributed by atoms with Gasteiger partial charge in [0.2, 0.25) is 0 Å². The summed E-state index contributed by atoms with van der Waals surface area (Å²) >= 11 is 0. The number of hydrogen-bond acceptors (Lipinski definition) is 2. The van der Waals surface area contributed by atoms with Crippen LogP contribution in [0.15, 0.2) is 30.3 Å². The van der Waals surface area contributed by atoms with Crippen LogP contribution in [0.4, 0.5) is 0 Å². The summed E-state index contributed by atoms with van der Waals surface area (Å²) in [5, 5.41) is 9.80. The van der Waals surface area contributed by atoms with Crippen molar-refractivity contribution in [3.05, 3.63) is 35.9 Å². The largest absolute Gasteiger partial charge is 0.392 e. The Morgan fingerprint density at radius 1 is 1.27 bits per heavy atom. The number of likely N-dealkylation sites (tertiary alicyclic amines) is 1. The van der Waals surface area contributed by atoms with Crippen molar-refractivity contribution in [2.75, 3.05) is 19.6 Å². The molecular weight excluding hydrogens is 186 g/mol. The van der Waals surface area contributed by atoms with Gasteiger partial charge < -0.3 is 10.0 Å². The molecule has 1 aliphatic rings. The predicted molar refractivity (Wildman–Crippen MR) is 61.9 cm³/mol. The van der Waals surface area contributed by atoms with E-state index in [-0.39, 0.29) is 6.10 Å². The van der Waals surface area contributed by atoms with E-state index in [2.05, 4.69) is 36.1 Å². The first-order valence-electron chi connectivity index (χ1n) is 5.75. The average molecular weight is 205 g/mol. The highest BCUT2D eigenvalue weighted by atomic mass is 16.3. The summed E-state index contributed by atoms with van der Waals surface area (Å²) in [6.45, 7) is 5.10. The van der Waals surface area contributed by atoms with Gasteiger partial charge in [-0.2, -0.15) is 0 Å². The van der Waals surface area contributed by atoms with Gasteiger partial charge in [0.25, 0.3) is 0 Å². The Hall–Kier alpha value is -0.860. The Kier molecular flexibility index (Phi) is 3.39. The molecule has 0 saturated carbocycles. The molecule has 0 amide bonds. The molecule has 1 saturated heterocycles. The van der Waals surface area contributed by atoms with Crippen LogP contribution in [0.3, 0.4) is 0 Å². The van der Waals surface area contributed by atoms with Gasteiger partial charge in [0.15, 0.2) is 0 Å². The minimum atomic E-state index is -0.163. The van der Waals surface area contributed by atoms with Crippen molar-refractivity contribution in [2.45, 2.75) is 25.4 Å².